The van der Waals surface area contributed by atoms with E-state index in [4.69, 9.17) is 41.4 Å². The number of fused-ring (bicyclic) bond motifs is 2. The van der Waals surface area contributed by atoms with Crippen LogP contribution < -0.4 is 58.6 Å². The highest BCUT2D eigenvalue weighted by molar-refractivity contribution is 6.07. The number of primary amides is 2. The third-order valence-electron chi connectivity index (χ3n) is 17.1. The van der Waals surface area contributed by atoms with Crippen LogP contribution in [0.4, 0.5) is 16.4 Å². The largest absolute Gasteiger partial charge is 0.495 e. The molecule has 1 saturated carbocycles. The number of urea groups is 1. The monoisotopic (exact) mass is 1230 g/mol. The third-order valence-corrected chi connectivity index (χ3v) is 17.1. The SMILES string of the molecule is COc1ccc(C#CCNC2(C)CCN(C3CCN(c4nc([C@@](COCNC(=O)[C@H](CC(N)=O)NC(C)=O)(OC5CC5)c5ccccc5)c5cc(-c6cn(C)c(=O)c7[nH]ccc67)ccc5n4)CC3)CC2)cc1N1CCC(=O)N(CNC(=O)[C@@H](N)CC(N)=O)C1=O. The summed E-state index contributed by atoms with van der Waals surface area (Å²) in [7, 11) is 3.20. The standard InChI is InChI=1S/C64H77N15O11/c1-39(80)72-50(34-54(67)82)59(85)70-38-89-36-64(90-44-14-15-44,42-10-6-5-7-11-42)57-46-32-41(47-35-75(3)60(86)56-45(47)18-25-68-56)13-16-49(46)73-61(74-57)77-26-19-43(20-27-77)76-29-22-63(2,23-30-76)71-24-8-9-40-12-17-52(88-4)51(31-40)78-28-21-55(83)79(62(78)87)37-69-58(84)48(65)33-53(66)81/h5-7,10-13,16-18,25,31-32,35,43-44,48,50,68,71H,14-15,19-24,26-30,33-34,36-38,65H2,1-4H3,(H2,66,81)(H2,67,82)(H,69,84)(H,70,85)(H,72,80)/t48-,50-,64-/m0/s1. The number of hydrogen-bond acceptors (Lipinski definition) is 17. The van der Waals surface area contributed by atoms with Crippen molar-refractivity contribution in [3.05, 3.63) is 112 Å². The van der Waals surface area contributed by atoms with E-state index in [-0.39, 0.29) is 43.5 Å². The van der Waals surface area contributed by atoms with Crippen LogP contribution in [0.1, 0.15) is 88.5 Å². The van der Waals surface area contributed by atoms with Gasteiger partial charge in [0.2, 0.25) is 41.4 Å². The van der Waals surface area contributed by atoms with Gasteiger partial charge in [-0.1, -0.05) is 48.2 Å². The number of carbonyl (C=O) groups excluding carboxylic acids is 7. The topological polar surface area (TPSA) is 350 Å². The molecule has 3 aromatic carbocycles. The number of likely N-dealkylation sites (tertiary alicyclic amines) is 1. The molecule has 4 aliphatic rings. The number of aromatic nitrogens is 4. The third kappa shape index (κ3) is 14.6. The number of imide groups is 1. The van der Waals surface area contributed by atoms with Gasteiger partial charge >= 0.3 is 6.03 Å². The Labute approximate surface area is 519 Å². The molecule has 8 amide bonds. The average molecular weight is 1230 g/mol. The lowest BCUT2D eigenvalue weighted by Gasteiger charge is -2.45. The number of benzene rings is 3. The minimum atomic E-state index is -1.35. The van der Waals surface area contributed by atoms with Gasteiger partial charge in [0.05, 0.1) is 62.1 Å². The second kappa shape index (κ2) is 27.6. The van der Waals surface area contributed by atoms with E-state index in [0.717, 1.165) is 78.6 Å². The number of amides is 8. The lowest BCUT2D eigenvalue weighted by Crippen LogP contribution is -2.57. The summed E-state index contributed by atoms with van der Waals surface area (Å²) in [5, 5.41) is 12.8. The number of aryl methyl sites for hydroxylation is 1. The van der Waals surface area contributed by atoms with Gasteiger partial charge in [0.15, 0.2) is 5.60 Å². The Morgan fingerprint density at radius 1 is 0.867 bits per heavy atom. The molecule has 26 nitrogen and oxygen atoms in total. The van der Waals surface area contributed by atoms with Crippen molar-refractivity contribution in [1.82, 2.24) is 50.6 Å². The van der Waals surface area contributed by atoms with Crippen LogP contribution in [0.15, 0.2) is 90.0 Å². The van der Waals surface area contributed by atoms with Gasteiger partial charge < -0.3 is 72.0 Å². The van der Waals surface area contributed by atoms with Crippen LogP contribution >= 0.6 is 0 Å². The molecule has 4 fully saturated rings. The highest BCUT2D eigenvalue weighted by Gasteiger charge is 2.45. The number of methoxy groups -OCH3 is 1. The van der Waals surface area contributed by atoms with E-state index in [9.17, 15) is 38.4 Å². The Bertz CT molecular complexity index is 3810. The molecule has 474 valence electrons. The molecular weight excluding hydrogens is 1150 g/mol. The number of ether oxygens (including phenoxy) is 3. The van der Waals surface area contributed by atoms with Crippen molar-refractivity contribution < 1.29 is 47.8 Å². The number of nitrogens with two attached hydrogens (primary N) is 3. The molecule has 3 atom stereocenters. The first kappa shape index (κ1) is 63.7. The van der Waals surface area contributed by atoms with Crippen LogP contribution in [0.3, 0.4) is 0 Å². The minimum absolute atomic E-state index is 0.0112. The molecule has 3 aromatic heterocycles. The predicted octanol–water partition coefficient (Wildman–Crippen LogP) is 2.28. The molecule has 6 heterocycles. The van der Waals surface area contributed by atoms with Gasteiger partial charge in [-0.25, -0.2) is 19.7 Å². The molecule has 3 aliphatic heterocycles. The van der Waals surface area contributed by atoms with Crippen molar-refractivity contribution in [3.8, 4) is 28.7 Å². The maximum absolute atomic E-state index is 13.7. The van der Waals surface area contributed by atoms with Crippen LogP contribution in [0.5, 0.6) is 5.75 Å². The Morgan fingerprint density at radius 2 is 1.61 bits per heavy atom. The molecule has 3 saturated heterocycles. The highest BCUT2D eigenvalue weighted by Crippen LogP contribution is 2.44. The average Bonchev–Trinajstić information content (AvgIpc) is 1.27. The highest BCUT2D eigenvalue weighted by atomic mass is 16.6. The first-order valence-electron chi connectivity index (χ1n) is 30.2. The van der Waals surface area contributed by atoms with Crippen molar-refractivity contribution >= 4 is 74.9 Å². The van der Waals surface area contributed by atoms with Crippen LogP contribution in [0.25, 0.3) is 32.9 Å². The van der Waals surface area contributed by atoms with Crippen LogP contribution in [-0.4, -0.2) is 167 Å². The number of hydrogen-bond donors (Lipinski definition) is 8. The van der Waals surface area contributed by atoms with E-state index < -0.39 is 78.7 Å². The molecule has 11 N–H and O–H groups in total. The smallest absolute Gasteiger partial charge is 0.332 e. The normalized spacial score (nSPS) is 17.7. The van der Waals surface area contributed by atoms with Gasteiger partial charge in [0.1, 0.15) is 30.7 Å². The number of pyridine rings is 1. The van der Waals surface area contributed by atoms with E-state index in [1.54, 1.807) is 36.0 Å². The van der Waals surface area contributed by atoms with E-state index in [1.165, 1.54) is 18.9 Å². The Balaban J connectivity index is 0.836. The number of carbonyl (C=O) groups is 7. The second-order valence-corrected chi connectivity index (χ2v) is 23.6. The van der Waals surface area contributed by atoms with E-state index in [0.29, 0.717) is 70.7 Å². The maximum atomic E-state index is 13.7. The van der Waals surface area contributed by atoms with Crippen LogP contribution in [0, 0.1) is 11.8 Å². The zero-order valence-corrected chi connectivity index (χ0v) is 51.0. The summed E-state index contributed by atoms with van der Waals surface area (Å²) in [6.07, 6.45) is 7.80. The van der Waals surface area contributed by atoms with Crippen molar-refractivity contribution in [3.63, 3.8) is 0 Å². The molecule has 1 aliphatic carbocycles. The Hall–Kier alpha value is -9.26. The fourth-order valence-corrected chi connectivity index (χ4v) is 12.0. The van der Waals surface area contributed by atoms with Gasteiger partial charge in [-0.3, -0.25) is 38.5 Å². The molecular formula is C64H77N15O11. The van der Waals surface area contributed by atoms with Crippen molar-refractivity contribution in [2.75, 3.05) is 76.2 Å². The van der Waals surface area contributed by atoms with Crippen LogP contribution in [-0.2, 0) is 50.9 Å². The molecule has 0 bridgehead atoms. The quantitative estimate of drug-likeness (QED) is 0.0245. The van der Waals surface area contributed by atoms with Gasteiger partial charge in [-0.05, 0) is 93.0 Å². The number of rotatable bonds is 24. The zero-order valence-electron chi connectivity index (χ0n) is 51.0. The molecule has 90 heavy (non-hydrogen) atoms. The van der Waals surface area contributed by atoms with Gasteiger partial charge in [0, 0.05) is 99.0 Å². The first-order valence-corrected chi connectivity index (χ1v) is 30.2. The summed E-state index contributed by atoms with van der Waals surface area (Å²) >= 11 is 0. The second-order valence-electron chi connectivity index (χ2n) is 23.6. The fourth-order valence-electron chi connectivity index (χ4n) is 12.0. The minimum Gasteiger partial charge on any atom is -0.495 e. The van der Waals surface area contributed by atoms with Gasteiger partial charge in [-0.15, -0.1) is 0 Å². The number of H-pyrrole nitrogens is 1. The number of aromatic amines is 1. The molecule has 0 spiro atoms. The lowest BCUT2D eigenvalue weighted by molar-refractivity contribution is -0.133. The summed E-state index contributed by atoms with van der Waals surface area (Å²) in [6.45, 7) is 6.27. The molecule has 26 heteroatoms. The predicted molar refractivity (Wildman–Crippen MR) is 335 cm³/mol. The molecule has 6 aromatic rings. The number of anilines is 2. The summed E-state index contributed by atoms with van der Waals surface area (Å²) in [6, 6.07) is 20.1. The first-order chi connectivity index (χ1) is 43.2. The fraction of sp³-hybridized carbons (Fsp3) is 0.438. The number of nitrogens with one attached hydrogen (secondary N) is 5. The van der Waals surface area contributed by atoms with Crippen molar-refractivity contribution in [1.29, 1.82) is 0 Å². The summed E-state index contributed by atoms with van der Waals surface area (Å²) in [4.78, 5) is 122. The van der Waals surface area contributed by atoms with Gasteiger partial charge in [-0.2, -0.15) is 0 Å². The summed E-state index contributed by atoms with van der Waals surface area (Å²) in [5.74, 6) is 3.53. The van der Waals surface area contributed by atoms with Gasteiger partial charge in [0.25, 0.3) is 5.56 Å². The number of nitrogens with zero attached hydrogens (tertiary/aromatic N) is 7. The van der Waals surface area contributed by atoms with Crippen LogP contribution in [0.2, 0.25) is 0 Å². The Kier molecular flexibility index (Phi) is 19.6. The maximum Gasteiger partial charge on any atom is 0.332 e. The lowest BCUT2D eigenvalue weighted by atomic mass is 9.87. The zero-order chi connectivity index (χ0) is 63.9. The summed E-state index contributed by atoms with van der Waals surface area (Å²) < 4.78 is 20.8. The van der Waals surface area contributed by atoms with E-state index in [2.05, 4.69) is 54.8 Å². The van der Waals surface area contributed by atoms with E-state index in [1.807, 2.05) is 60.8 Å². The van der Waals surface area contributed by atoms with Crippen molar-refractivity contribution in [2.24, 2.45) is 24.2 Å². The summed E-state index contributed by atoms with van der Waals surface area (Å²) in [5.41, 5.74) is 19.8. The molecule has 0 unspecified atom stereocenters. The van der Waals surface area contributed by atoms with E-state index >= 15 is 0 Å². The van der Waals surface area contributed by atoms with Crippen molar-refractivity contribution in [2.45, 2.75) is 107 Å². The Morgan fingerprint density at radius 3 is 2.31 bits per heavy atom. The molecule has 10 rings (SSSR count). The molecule has 0 radical (unpaired) electrons. The number of piperidine rings is 2.